The lowest BCUT2D eigenvalue weighted by molar-refractivity contribution is -0.0925. The maximum Gasteiger partial charge on any atom is 0.430 e. The summed E-state index contributed by atoms with van der Waals surface area (Å²) in [5.41, 5.74) is 11.1. The number of aliphatic imine (C=N–C) groups is 1. The average molecular weight is 314 g/mol. The van der Waals surface area contributed by atoms with Crippen LogP contribution in [0.25, 0.3) is 0 Å². The third kappa shape index (κ3) is 6.28. The van der Waals surface area contributed by atoms with Gasteiger partial charge in [0, 0.05) is 25.3 Å². The molecule has 0 bridgehead atoms. The van der Waals surface area contributed by atoms with Crippen molar-refractivity contribution in [2.75, 3.05) is 20.1 Å². The summed E-state index contributed by atoms with van der Waals surface area (Å²) in [6.07, 6.45) is -3.71. The summed E-state index contributed by atoms with van der Waals surface area (Å²) < 4.78 is 37.1. The quantitative estimate of drug-likeness (QED) is 0.793. The molecule has 0 aliphatic carbocycles. The fourth-order valence-electron chi connectivity index (χ4n) is 1.88. The average Bonchev–Trinajstić information content (AvgIpc) is 2.37. The number of hydrogen-bond acceptors (Lipinski definition) is 4. The number of benzene rings is 1. The minimum atomic E-state index is -4.54. The molecule has 0 aliphatic rings. The van der Waals surface area contributed by atoms with E-state index in [0.29, 0.717) is 18.8 Å². The van der Waals surface area contributed by atoms with Crippen LogP contribution in [0.15, 0.2) is 41.0 Å². The fraction of sp³-hybridized carbons (Fsp3) is 0.400. The molecule has 4 N–H and O–H groups in total. The van der Waals surface area contributed by atoms with Gasteiger partial charge in [-0.25, -0.2) is 0 Å². The molecule has 0 heterocycles. The Morgan fingerprint density at radius 1 is 1.36 bits per heavy atom. The molecule has 0 amide bonds. The standard InChI is InChI=1S/C15H21F3N4/c1-11(8-14(20)15(16,17)18)21-13-5-3-4-12(9-13)10-22(2)7-6-19/h3-5,8-9H,6-7,10,19-20H2,1-2H3/b14-8-,21-11?. The molecule has 0 aliphatic heterocycles. The van der Waals surface area contributed by atoms with E-state index >= 15 is 0 Å². The van der Waals surface area contributed by atoms with Gasteiger partial charge in [0.25, 0.3) is 0 Å². The van der Waals surface area contributed by atoms with Gasteiger partial charge in [-0.15, -0.1) is 0 Å². The van der Waals surface area contributed by atoms with Crippen molar-refractivity contribution in [1.82, 2.24) is 4.90 Å². The van der Waals surface area contributed by atoms with Crippen LogP contribution in [0.2, 0.25) is 0 Å². The first-order valence-corrected chi connectivity index (χ1v) is 6.79. The highest BCUT2D eigenvalue weighted by atomic mass is 19.4. The zero-order chi connectivity index (χ0) is 16.8. The summed E-state index contributed by atoms with van der Waals surface area (Å²) in [5.74, 6) is 0. The second kappa shape index (κ2) is 7.95. The van der Waals surface area contributed by atoms with Crippen LogP contribution in [0, 0.1) is 0 Å². The minimum absolute atomic E-state index is 0.197. The van der Waals surface area contributed by atoms with Crippen LogP contribution in [-0.4, -0.2) is 36.9 Å². The SMILES string of the molecule is CC(/C=C(\N)C(F)(F)F)=Nc1cccc(CN(C)CCN)c1. The molecule has 1 rings (SSSR count). The number of likely N-dealkylation sites (N-methyl/N-ethyl adjacent to an activating group) is 1. The molecule has 4 nitrogen and oxygen atoms in total. The van der Waals surface area contributed by atoms with Crippen molar-refractivity contribution in [2.45, 2.75) is 19.6 Å². The van der Waals surface area contributed by atoms with Gasteiger partial charge in [0.2, 0.25) is 0 Å². The molecule has 0 saturated carbocycles. The van der Waals surface area contributed by atoms with E-state index in [0.717, 1.165) is 18.2 Å². The van der Waals surface area contributed by atoms with Crippen molar-refractivity contribution in [3.63, 3.8) is 0 Å². The third-order valence-corrected chi connectivity index (χ3v) is 2.87. The van der Waals surface area contributed by atoms with Crippen LogP contribution in [-0.2, 0) is 6.54 Å². The van der Waals surface area contributed by atoms with Gasteiger partial charge >= 0.3 is 6.18 Å². The van der Waals surface area contributed by atoms with Crippen molar-refractivity contribution < 1.29 is 13.2 Å². The fourth-order valence-corrected chi connectivity index (χ4v) is 1.88. The second-order valence-corrected chi connectivity index (χ2v) is 5.05. The Morgan fingerprint density at radius 3 is 2.64 bits per heavy atom. The first kappa shape index (κ1) is 18.2. The van der Waals surface area contributed by atoms with E-state index in [1.165, 1.54) is 6.92 Å². The molecule has 22 heavy (non-hydrogen) atoms. The predicted octanol–water partition coefficient (Wildman–Crippen LogP) is 2.57. The smallest absolute Gasteiger partial charge is 0.395 e. The zero-order valence-electron chi connectivity index (χ0n) is 12.7. The van der Waals surface area contributed by atoms with E-state index in [1.54, 1.807) is 6.07 Å². The minimum Gasteiger partial charge on any atom is -0.395 e. The molecule has 0 spiro atoms. The topological polar surface area (TPSA) is 67.6 Å². The normalized spacial score (nSPS) is 13.8. The predicted molar refractivity (Wildman–Crippen MR) is 82.9 cm³/mol. The van der Waals surface area contributed by atoms with Gasteiger partial charge in [-0.05, 0) is 37.7 Å². The lowest BCUT2D eigenvalue weighted by Crippen LogP contribution is -2.24. The molecule has 1 aromatic rings. The Balaban J connectivity index is 2.87. The number of allylic oxidation sites excluding steroid dienone is 2. The van der Waals surface area contributed by atoms with Crippen LogP contribution in [0.1, 0.15) is 12.5 Å². The van der Waals surface area contributed by atoms with Gasteiger partial charge < -0.3 is 16.4 Å². The lowest BCUT2D eigenvalue weighted by atomic mass is 10.2. The Hall–Kier alpha value is -1.86. The first-order chi connectivity index (χ1) is 10.2. The van der Waals surface area contributed by atoms with E-state index < -0.39 is 11.9 Å². The summed E-state index contributed by atoms with van der Waals surface area (Å²) >= 11 is 0. The summed E-state index contributed by atoms with van der Waals surface area (Å²) in [6.45, 7) is 3.50. The highest BCUT2D eigenvalue weighted by molar-refractivity contribution is 5.95. The third-order valence-electron chi connectivity index (χ3n) is 2.87. The number of alkyl halides is 3. The van der Waals surface area contributed by atoms with Crippen LogP contribution in [0.4, 0.5) is 18.9 Å². The van der Waals surface area contributed by atoms with Crippen molar-refractivity contribution in [3.05, 3.63) is 41.6 Å². The van der Waals surface area contributed by atoms with Crippen LogP contribution in [0.3, 0.4) is 0 Å². The van der Waals surface area contributed by atoms with Gasteiger partial charge in [0.15, 0.2) is 0 Å². The summed E-state index contributed by atoms with van der Waals surface area (Å²) in [4.78, 5) is 6.20. The Labute approximate surface area is 128 Å². The Morgan fingerprint density at radius 2 is 2.05 bits per heavy atom. The van der Waals surface area contributed by atoms with E-state index in [9.17, 15) is 13.2 Å². The van der Waals surface area contributed by atoms with E-state index in [2.05, 4.69) is 9.89 Å². The summed E-state index contributed by atoms with van der Waals surface area (Å²) in [6, 6.07) is 7.30. The highest BCUT2D eigenvalue weighted by Crippen LogP contribution is 2.22. The van der Waals surface area contributed by atoms with Crippen molar-refractivity contribution >= 4 is 11.4 Å². The van der Waals surface area contributed by atoms with Gasteiger partial charge in [-0.1, -0.05) is 12.1 Å². The maximum absolute atomic E-state index is 12.4. The molecule has 122 valence electrons. The van der Waals surface area contributed by atoms with E-state index in [-0.39, 0.29) is 5.71 Å². The number of nitrogens with two attached hydrogens (primary N) is 2. The van der Waals surface area contributed by atoms with Crippen LogP contribution in [0.5, 0.6) is 0 Å². The molecule has 0 fully saturated rings. The molecule has 1 aromatic carbocycles. The van der Waals surface area contributed by atoms with Crippen LogP contribution < -0.4 is 11.5 Å². The van der Waals surface area contributed by atoms with Gasteiger partial charge in [-0.2, -0.15) is 13.2 Å². The Bertz CT molecular complexity index is 550. The lowest BCUT2D eigenvalue weighted by Gasteiger charge is -2.15. The zero-order valence-corrected chi connectivity index (χ0v) is 12.7. The molecule has 0 radical (unpaired) electrons. The number of nitrogens with zero attached hydrogens (tertiary/aromatic N) is 2. The molecular formula is C15H21F3N4. The molecule has 0 saturated heterocycles. The van der Waals surface area contributed by atoms with Gasteiger partial charge in [0.05, 0.1) is 5.69 Å². The second-order valence-electron chi connectivity index (χ2n) is 5.05. The van der Waals surface area contributed by atoms with E-state index in [1.807, 2.05) is 25.2 Å². The van der Waals surface area contributed by atoms with Crippen molar-refractivity contribution in [3.8, 4) is 0 Å². The van der Waals surface area contributed by atoms with Crippen molar-refractivity contribution in [1.29, 1.82) is 0 Å². The molecule has 0 atom stereocenters. The summed E-state index contributed by atoms with van der Waals surface area (Å²) in [5, 5.41) is 0. The number of hydrogen-bond donors (Lipinski definition) is 2. The first-order valence-electron chi connectivity index (χ1n) is 6.79. The monoisotopic (exact) mass is 314 g/mol. The largest absolute Gasteiger partial charge is 0.430 e. The van der Waals surface area contributed by atoms with E-state index in [4.69, 9.17) is 11.5 Å². The highest BCUT2D eigenvalue weighted by Gasteiger charge is 2.31. The molecule has 7 heteroatoms. The van der Waals surface area contributed by atoms with Gasteiger partial charge in [-0.3, -0.25) is 4.99 Å². The molecule has 0 unspecified atom stereocenters. The van der Waals surface area contributed by atoms with Crippen LogP contribution >= 0.6 is 0 Å². The number of rotatable bonds is 6. The molecular weight excluding hydrogens is 293 g/mol. The summed E-state index contributed by atoms with van der Waals surface area (Å²) in [7, 11) is 1.95. The van der Waals surface area contributed by atoms with Gasteiger partial charge in [0.1, 0.15) is 5.70 Å². The van der Waals surface area contributed by atoms with Crippen molar-refractivity contribution in [2.24, 2.45) is 16.5 Å². The maximum atomic E-state index is 12.4. The number of halogens is 3. The molecule has 0 aromatic heterocycles. The Kier molecular flexibility index (Phi) is 6.58.